The van der Waals surface area contributed by atoms with E-state index in [9.17, 15) is 9.59 Å². The maximum Gasteiger partial charge on any atom is 0.233 e. The highest BCUT2D eigenvalue weighted by molar-refractivity contribution is 5.88. The van der Waals surface area contributed by atoms with Crippen molar-refractivity contribution in [2.24, 2.45) is 11.8 Å². The minimum absolute atomic E-state index is 0.285. The minimum Gasteiger partial charge on any atom is -0.381 e. The van der Waals surface area contributed by atoms with E-state index < -0.39 is 5.41 Å². The van der Waals surface area contributed by atoms with Crippen molar-refractivity contribution in [1.82, 2.24) is 9.80 Å². The van der Waals surface area contributed by atoms with Crippen molar-refractivity contribution >= 4 is 11.8 Å². The molecule has 4 heterocycles. The topological polar surface area (TPSA) is 49.9 Å². The summed E-state index contributed by atoms with van der Waals surface area (Å²) in [5.41, 5.74) is 0.682. The summed E-state index contributed by atoms with van der Waals surface area (Å²) in [6.45, 7) is 3.73. The lowest BCUT2D eigenvalue weighted by Gasteiger charge is -2.53. The van der Waals surface area contributed by atoms with Crippen molar-refractivity contribution in [2.75, 3.05) is 32.8 Å². The molecule has 0 aromatic heterocycles. The second-order valence-electron chi connectivity index (χ2n) is 9.14. The fourth-order valence-electron chi connectivity index (χ4n) is 6.18. The molecule has 28 heavy (non-hydrogen) atoms. The molecule has 4 aliphatic rings. The molecule has 0 saturated carbocycles. The summed E-state index contributed by atoms with van der Waals surface area (Å²) in [5, 5.41) is 0. The Kier molecular flexibility index (Phi) is 4.66. The van der Waals surface area contributed by atoms with Gasteiger partial charge in [0.25, 0.3) is 0 Å². The van der Waals surface area contributed by atoms with Gasteiger partial charge >= 0.3 is 0 Å². The molecule has 1 aromatic rings. The molecule has 1 aromatic carbocycles. The van der Waals surface area contributed by atoms with Crippen LogP contribution < -0.4 is 0 Å². The molecular weight excluding hydrogens is 352 g/mol. The normalized spacial score (nSPS) is 32.0. The van der Waals surface area contributed by atoms with Crippen LogP contribution in [-0.4, -0.2) is 60.5 Å². The van der Waals surface area contributed by atoms with Gasteiger partial charge in [-0.2, -0.15) is 0 Å². The summed E-state index contributed by atoms with van der Waals surface area (Å²) in [6.07, 6.45) is 5.49. The summed E-state index contributed by atoms with van der Waals surface area (Å²) < 4.78 is 5.63. The van der Waals surface area contributed by atoms with Gasteiger partial charge < -0.3 is 14.5 Å². The van der Waals surface area contributed by atoms with Crippen LogP contribution in [0.3, 0.4) is 0 Å². The molecule has 2 bridgehead atoms. The third-order valence-corrected chi connectivity index (χ3v) is 7.55. The molecule has 0 unspecified atom stereocenters. The molecule has 5 rings (SSSR count). The van der Waals surface area contributed by atoms with Crippen molar-refractivity contribution in [3.63, 3.8) is 0 Å². The van der Waals surface area contributed by atoms with E-state index in [1.54, 1.807) is 0 Å². The first-order chi connectivity index (χ1) is 13.7. The number of ether oxygens (including phenoxy) is 1. The summed E-state index contributed by atoms with van der Waals surface area (Å²) in [7, 11) is 0. The number of rotatable bonds is 2. The van der Waals surface area contributed by atoms with Crippen LogP contribution in [0.25, 0.3) is 0 Å². The highest BCUT2D eigenvalue weighted by Crippen LogP contribution is 2.42. The summed E-state index contributed by atoms with van der Waals surface area (Å²) in [4.78, 5) is 30.6. The molecule has 2 amide bonds. The van der Waals surface area contributed by atoms with Crippen molar-refractivity contribution < 1.29 is 14.3 Å². The van der Waals surface area contributed by atoms with E-state index in [1.165, 1.54) is 6.42 Å². The molecule has 4 saturated heterocycles. The highest BCUT2D eigenvalue weighted by atomic mass is 16.5. The minimum atomic E-state index is -0.451. The maximum absolute atomic E-state index is 13.9. The van der Waals surface area contributed by atoms with E-state index in [0.717, 1.165) is 50.9 Å². The fraction of sp³-hybridized carbons (Fsp3) is 0.652. The molecule has 5 heteroatoms. The lowest BCUT2D eigenvalue weighted by molar-refractivity contribution is -0.153. The van der Waals surface area contributed by atoms with Gasteiger partial charge in [-0.15, -0.1) is 0 Å². The van der Waals surface area contributed by atoms with E-state index in [2.05, 4.69) is 21.9 Å². The molecule has 4 aliphatic heterocycles. The predicted octanol–water partition coefficient (Wildman–Crippen LogP) is 2.59. The number of carbonyl (C=O) groups excluding carboxylic acids is 2. The Morgan fingerprint density at radius 1 is 1.07 bits per heavy atom. The van der Waals surface area contributed by atoms with Gasteiger partial charge in [-0.3, -0.25) is 9.59 Å². The number of likely N-dealkylation sites (tertiary alicyclic amines) is 1. The number of amides is 2. The molecule has 4 fully saturated rings. The fourth-order valence-corrected chi connectivity index (χ4v) is 6.18. The Morgan fingerprint density at radius 2 is 1.86 bits per heavy atom. The largest absolute Gasteiger partial charge is 0.381 e. The van der Waals surface area contributed by atoms with Gasteiger partial charge in [-0.25, -0.2) is 0 Å². The van der Waals surface area contributed by atoms with Crippen LogP contribution in [0, 0.1) is 11.8 Å². The van der Waals surface area contributed by atoms with Gasteiger partial charge in [0, 0.05) is 45.3 Å². The van der Waals surface area contributed by atoms with Crippen LogP contribution in [0.4, 0.5) is 0 Å². The first kappa shape index (κ1) is 18.2. The number of fused-ring (bicyclic) bond motifs is 4. The van der Waals surface area contributed by atoms with Gasteiger partial charge in [0.1, 0.15) is 0 Å². The van der Waals surface area contributed by atoms with E-state index >= 15 is 0 Å². The Hall–Kier alpha value is -1.88. The van der Waals surface area contributed by atoms with Gasteiger partial charge in [-0.1, -0.05) is 30.3 Å². The Labute approximate surface area is 167 Å². The van der Waals surface area contributed by atoms with E-state index in [4.69, 9.17) is 4.74 Å². The molecule has 150 valence electrons. The van der Waals surface area contributed by atoms with Crippen molar-refractivity contribution in [3.05, 3.63) is 35.9 Å². The molecule has 0 aliphatic carbocycles. The number of hydrogen-bond acceptors (Lipinski definition) is 3. The molecule has 0 N–H and O–H groups in total. The average molecular weight is 383 g/mol. The molecule has 3 atom stereocenters. The van der Waals surface area contributed by atoms with E-state index in [-0.39, 0.29) is 5.91 Å². The quantitative estimate of drug-likeness (QED) is 0.790. The zero-order valence-corrected chi connectivity index (χ0v) is 16.5. The summed E-state index contributed by atoms with van der Waals surface area (Å²) in [5.74, 6) is 1.48. The third kappa shape index (κ3) is 2.95. The predicted molar refractivity (Wildman–Crippen MR) is 106 cm³/mol. The van der Waals surface area contributed by atoms with Gasteiger partial charge in [-0.05, 0) is 49.5 Å². The average Bonchev–Trinajstić information content (AvgIpc) is 2.75. The number of hydrogen-bond donors (Lipinski definition) is 0. The molecular formula is C23H30N2O3. The second kappa shape index (κ2) is 7.18. The van der Waals surface area contributed by atoms with Crippen LogP contribution >= 0.6 is 0 Å². The Morgan fingerprint density at radius 3 is 2.64 bits per heavy atom. The van der Waals surface area contributed by atoms with Crippen LogP contribution in [0.1, 0.15) is 44.1 Å². The summed E-state index contributed by atoms with van der Waals surface area (Å²) >= 11 is 0. The zero-order chi connectivity index (χ0) is 19.1. The van der Waals surface area contributed by atoms with Crippen LogP contribution in [0.2, 0.25) is 0 Å². The maximum atomic E-state index is 13.9. The van der Waals surface area contributed by atoms with Crippen molar-refractivity contribution in [3.8, 4) is 0 Å². The lowest BCUT2D eigenvalue weighted by Crippen LogP contribution is -2.63. The second-order valence-corrected chi connectivity index (χ2v) is 9.14. The molecule has 5 nitrogen and oxygen atoms in total. The molecule has 0 spiro atoms. The SMILES string of the molecule is O=C1CCC[C@H]2[C@H]3C[C@@H](CN(C(=O)C4(c5ccccc5)CCOCC4)C3)CN12. The van der Waals surface area contributed by atoms with Gasteiger partial charge in [0.05, 0.1) is 5.41 Å². The Balaban J connectivity index is 1.41. The van der Waals surface area contributed by atoms with Crippen LogP contribution in [0.15, 0.2) is 30.3 Å². The summed E-state index contributed by atoms with van der Waals surface area (Å²) in [6, 6.07) is 10.6. The first-order valence-corrected chi connectivity index (χ1v) is 10.9. The number of carbonyl (C=O) groups is 2. The highest BCUT2D eigenvalue weighted by Gasteiger charge is 2.49. The molecule has 0 radical (unpaired) electrons. The number of benzene rings is 1. The van der Waals surface area contributed by atoms with E-state index in [1.807, 2.05) is 18.2 Å². The first-order valence-electron chi connectivity index (χ1n) is 10.9. The number of piperidine rings is 3. The number of nitrogens with zero attached hydrogens (tertiary/aromatic N) is 2. The third-order valence-electron chi connectivity index (χ3n) is 7.55. The standard InChI is InChI=1S/C23H30N2O3/c26-21-8-4-7-20-18-13-17(15-25(20)21)14-24(16-18)22(27)23(9-11-28-12-10-23)19-5-2-1-3-6-19/h1-3,5-6,17-18,20H,4,7-16H2/t17-,18-,20-/m0/s1. The van der Waals surface area contributed by atoms with Crippen LogP contribution in [0.5, 0.6) is 0 Å². The lowest BCUT2D eigenvalue weighted by atomic mass is 9.71. The van der Waals surface area contributed by atoms with Crippen molar-refractivity contribution in [1.29, 1.82) is 0 Å². The Bertz CT molecular complexity index is 743. The smallest absolute Gasteiger partial charge is 0.233 e. The van der Waals surface area contributed by atoms with Crippen LogP contribution in [-0.2, 0) is 19.7 Å². The van der Waals surface area contributed by atoms with E-state index in [0.29, 0.717) is 43.4 Å². The van der Waals surface area contributed by atoms with Gasteiger partial charge in [0.15, 0.2) is 0 Å². The monoisotopic (exact) mass is 382 g/mol. The van der Waals surface area contributed by atoms with Gasteiger partial charge in [0.2, 0.25) is 11.8 Å². The van der Waals surface area contributed by atoms with Crippen molar-refractivity contribution in [2.45, 2.75) is 50.0 Å². The zero-order valence-electron chi connectivity index (χ0n) is 16.5.